The maximum absolute atomic E-state index is 12.7. The third-order valence-electron chi connectivity index (χ3n) is 5.06. The number of nitrogens with zero attached hydrogens (tertiary/aromatic N) is 2. The average molecular weight is 425 g/mol. The highest BCUT2D eigenvalue weighted by atomic mass is 16.3. The topological polar surface area (TPSA) is 95.3 Å². The molecule has 3 aromatic carbocycles. The van der Waals surface area contributed by atoms with Crippen molar-refractivity contribution in [2.75, 3.05) is 5.32 Å². The molecule has 1 heterocycles. The second kappa shape index (κ2) is 9.31. The first kappa shape index (κ1) is 21.1. The van der Waals surface area contributed by atoms with Crippen LogP contribution in [0.3, 0.4) is 0 Å². The highest BCUT2D eigenvalue weighted by Gasteiger charge is 2.16. The minimum absolute atomic E-state index is 0.158. The molecule has 1 amide bonds. The predicted molar refractivity (Wildman–Crippen MR) is 124 cm³/mol. The van der Waals surface area contributed by atoms with E-state index in [1.807, 2.05) is 37.3 Å². The van der Waals surface area contributed by atoms with Gasteiger partial charge in [0.25, 0.3) is 0 Å². The molecule has 0 fully saturated rings. The standard InChI is InChI=1S/C26H23N3O3/c1-17-25(20-9-13-22(31)14-10-20)28-23(15-18-5-3-2-4-6-18)26(27-17)29-24(32)16-19-7-11-21(30)12-8-19/h2-14,30-31H,15-16H2,1H3,(H,27,29,32). The molecule has 4 aromatic rings. The van der Waals surface area contributed by atoms with Crippen LogP contribution < -0.4 is 5.32 Å². The van der Waals surface area contributed by atoms with Crippen LogP contribution in [0.25, 0.3) is 11.3 Å². The van der Waals surface area contributed by atoms with Crippen LogP contribution in [0.5, 0.6) is 11.5 Å². The van der Waals surface area contributed by atoms with Crippen LogP contribution in [0.1, 0.15) is 22.5 Å². The number of phenolic OH excluding ortho intramolecular Hbond substituents is 2. The quantitative estimate of drug-likeness (QED) is 0.418. The van der Waals surface area contributed by atoms with Crippen molar-refractivity contribution < 1.29 is 15.0 Å². The van der Waals surface area contributed by atoms with Crippen molar-refractivity contribution in [3.63, 3.8) is 0 Å². The van der Waals surface area contributed by atoms with Crippen LogP contribution in [-0.4, -0.2) is 26.1 Å². The molecule has 160 valence electrons. The smallest absolute Gasteiger partial charge is 0.229 e. The van der Waals surface area contributed by atoms with Gasteiger partial charge in [-0.05, 0) is 54.4 Å². The number of benzene rings is 3. The summed E-state index contributed by atoms with van der Waals surface area (Å²) in [5.74, 6) is 0.557. The second-order valence-electron chi connectivity index (χ2n) is 7.55. The molecule has 0 spiro atoms. The van der Waals surface area contributed by atoms with E-state index in [1.54, 1.807) is 48.5 Å². The number of hydrogen-bond acceptors (Lipinski definition) is 5. The Labute approximate surface area is 186 Å². The lowest BCUT2D eigenvalue weighted by molar-refractivity contribution is -0.115. The van der Waals surface area contributed by atoms with Crippen LogP contribution >= 0.6 is 0 Å². The number of aryl methyl sites for hydroxylation is 1. The Balaban J connectivity index is 1.66. The Bertz CT molecular complexity index is 1220. The van der Waals surface area contributed by atoms with Crippen LogP contribution in [0.2, 0.25) is 0 Å². The fourth-order valence-electron chi connectivity index (χ4n) is 3.43. The van der Waals surface area contributed by atoms with E-state index in [0.29, 0.717) is 29.3 Å². The summed E-state index contributed by atoms with van der Waals surface area (Å²) in [5.41, 5.74) is 4.71. The van der Waals surface area contributed by atoms with Gasteiger partial charge in [-0.3, -0.25) is 4.79 Å². The lowest BCUT2D eigenvalue weighted by atomic mass is 10.1. The molecule has 0 radical (unpaired) electrons. The van der Waals surface area contributed by atoms with E-state index < -0.39 is 0 Å². The van der Waals surface area contributed by atoms with Gasteiger partial charge < -0.3 is 15.5 Å². The van der Waals surface area contributed by atoms with Gasteiger partial charge in [-0.2, -0.15) is 0 Å². The Morgan fingerprint density at radius 3 is 2.09 bits per heavy atom. The van der Waals surface area contributed by atoms with Gasteiger partial charge in [-0.1, -0.05) is 42.5 Å². The average Bonchev–Trinajstić information content (AvgIpc) is 2.78. The molecule has 0 aliphatic carbocycles. The van der Waals surface area contributed by atoms with E-state index in [0.717, 1.165) is 16.7 Å². The Morgan fingerprint density at radius 2 is 1.44 bits per heavy atom. The van der Waals surface area contributed by atoms with Crippen molar-refractivity contribution >= 4 is 11.7 Å². The third-order valence-corrected chi connectivity index (χ3v) is 5.06. The first-order valence-electron chi connectivity index (χ1n) is 10.3. The Kier molecular flexibility index (Phi) is 6.12. The number of carbonyl (C=O) groups is 1. The molecule has 0 saturated heterocycles. The van der Waals surface area contributed by atoms with Gasteiger partial charge in [-0.25, -0.2) is 9.97 Å². The summed E-state index contributed by atoms with van der Waals surface area (Å²) in [5, 5.41) is 21.9. The van der Waals surface area contributed by atoms with Crippen molar-refractivity contribution in [1.29, 1.82) is 0 Å². The molecule has 3 N–H and O–H groups in total. The van der Waals surface area contributed by atoms with Crippen molar-refractivity contribution in [1.82, 2.24) is 9.97 Å². The first-order valence-corrected chi connectivity index (χ1v) is 10.3. The fourth-order valence-corrected chi connectivity index (χ4v) is 3.43. The summed E-state index contributed by atoms with van der Waals surface area (Å²) < 4.78 is 0. The number of rotatable bonds is 6. The number of nitrogens with one attached hydrogen (secondary N) is 1. The van der Waals surface area contributed by atoms with Crippen LogP contribution in [0.15, 0.2) is 78.9 Å². The summed E-state index contributed by atoms with van der Waals surface area (Å²) in [6.45, 7) is 1.84. The maximum Gasteiger partial charge on any atom is 0.229 e. The van der Waals surface area contributed by atoms with Gasteiger partial charge in [0, 0.05) is 12.0 Å². The largest absolute Gasteiger partial charge is 0.508 e. The zero-order valence-electron chi connectivity index (χ0n) is 17.6. The summed E-state index contributed by atoms with van der Waals surface area (Å²) in [6, 6.07) is 23.2. The van der Waals surface area contributed by atoms with Crippen molar-refractivity contribution in [2.45, 2.75) is 19.8 Å². The number of hydrogen-bond donors (Lipinski definition) is 3. The molecule has 0 atom stereocenters. The molecule has 4 rings (SSSR count). The lowest BCUT2D eigenvalue weighted by Gasteiger charge is -2.14. The van der Waals surface area contributed by atoms with E-state index in [4.69, 9.17) is 4.98 Å². The molecule has 0 unspecified atom stereocenters. The van der Waals surface area contributed by atoms with Crippen molar-refractivity contribution in [3.8, 4) is 22.8 Å². The van der Waals surface area contributed by atoms with E-state index in [9.17, 15) is 15.0 Å². The highest BCUT2D eigenvalue weighted by Crippen LogP contribution is 2.26. The number of aromatic nitrogens is 2. The van der Waals surface area contributed by atoms with Crippen molar-refractivity contribution in [3.05, 3.63) is 101 Å². The van der Waals surface area contributed by atoms with Crippen molar-refractivity contribution in [2.24, 2.45) is 0 Å². The van der Waals surface area contributed by atoms with Crippen LogP contribution in [0, 0.1) is 6.92 Å². The summed E-state index contributed by atoms with van der Waals surface area (Å²) >= 11 is 0. The molecule has 0 aliphatic heterocycles. The molecule has 0 bridgehead atoms. The minimum Gasteiger partial charge on any atom is -0.508 e. The molecular formula is C26H23N3O3. The lowest BCUT2D eigenvalue weighted by Crippen LogP contribution is -2.18. The van der Waals surface area contributed by atoms with Gasteiger partial charge in [0.2, 0.25) is 5.91 Å². The summed E-state index contributed by atoms with van der Waals surface area (Å²) in [7, 11) is 0. The monoisotopic (exact) mass is 425 g/mol. The second-order valence-corrected chi connectivity index (χ2v) is 7.55. The van der Waals surface area contributed by atoms with Gasteiger partial charge in [-0.15, -0.1) is 0 Å². The fraction of sp³-hybridized carbons (Fsp3) is 0.115. The van der Waals surface area contributed by atoms with E-state index in [2.05, 4.69) is 10.3 Å². The molecule has 6 nitrogen and oxygen atoms in total. The van der Waals surface area contributed by atoms with E-state index >= 15 is 0 Å². The number of anilines is 1. The Morgan fingerprint density at radius 1 is 0.812 bits per heavy atom. The molecular weight excluding hydrogens is 402 g/mol. The number of aromatic hydroxyl groups is 2. The predicted octanol–water partition coefficient (Wildman–Crippen LogP) is 4.64. The number of amides is 1. The van der Waals surface area contributed by atoms with E-state index in [-0.39, 0.29) is 23.8 Å². The number of phenols is 2. The minimum atomic E-state index is -0.212. The van der Waals surface area contributed by atoms with Crippen LogP contribution in [-0.2, 0) is 17.6 Å². The maximum atomic E-state index is 12.7. The molecule has 32 heavy (non-hydrogen) atoms. The molecule has 1 aromatic heterocycles. The Hall–Kier alpha value is -4.19. The zero-order valence-corrected chi connectivity index (χ0v) is 17.6. The van der Waals surface area contributed by atoms with Gasteiger partial charge in [0.05, 0.1) is 23.5 Å². The zero-order chi connectivity index (χ0) is 22.5. The molecule has 0 aliphatic rings. The van der Waals surface area contributed by atoms with Gasteiger partial charge in [0.1, 0.15) is 11.5 Å². The van der Waals surface area contributed by atoms with Gasteiger partial charge >= 0.3 is 0 Å². The molecule has 6 heteroatoms. The van der Waals surface area contributed by atoms with Gasteiger partial charge in [0.15, 0.2) is 5.82 Å². The normalized spacial score (nSPS) is 10.7. The van der Waals surface area contributed by atoms with Crippen LogP contribution in [0.4, 0.5) is 5.82 Å². The SMILES string of the molecule is Cc1nc(NC(=O)Cc2ccc(O)cc2)c(Cc2ccccc2)nc1-c1ccc(O)cc1. The number of carbonyl (C=O) groups excluding carboxylic acids is 1. The summed E-state index contributed by atoms with van der Waals surface area (Å²) in [6.07, 6.45) is 0.666. The molecule has 0 saturated carbocycles. The third kappa shape index (κ3) is 5.10. The van der Waals surface area contributed by atoms with E-state index in [1.165, 1.54) is 0 Å². The first-order chi connectivity index (χ1) is 15.5. The highest BCUT2D eigenvalue weighted by molar-refractivity contribution is 5.92. The summed E-state index contributed by atoms with van der Waals surface area (Å²) in [4.78, 5) is 22.2.